The van der Waals surface area contributed by atoms with Crippen LogP contribution in [0.4, 0.5) is 5.00 Å². The van der Waals surface area contributed by atoms with E-state index in [9.17, 15) is 9.59 Å². The second-order valence-electron chi connectivity index (χ2n) is 6.35. The average Bonchev–Trinajstić information content (AvgIpc) is 2.93. The minimum absolute atomic E-state index is 0. The van der Waals surface area contributed by atoms with Crippen molar-refractivity contribution in [3.05, 3.63) is 22.4 Å². The first kappa shape index (κ1) is 21.0. The van der Waals surface area contributed by atoms with E-state index in [1.165, 1.54) is 4.88 Å². The van der Waals surface area contributed by atoms with Gasteiger partial charge in [-0.3, -0.25) is 4.79 Å². The third-order valence-electron chi connectivity index (χ3n) is 4.54. The quantitative estimate of drug-likeness (QED) is 0.567. The summed E-state index contributed by atoms with van der Waals surface area (Å²) in [6.07, 6.45) is 8.57. The number of aryl methyl sites for hydroxylation is 1. The Labute approximate surface area is 178 Å². The molecule has 0 bridgehead atoms. The maximum atomic E-state index is 12.4. The molecule has 0 unspecified atom stereocenters. The van der Waals surface area contributed by atoms with E-state index in [-0.39, 0.29) is 44.6 Å². The molecule has 0 aromatic carbocycles. The fourth-order valence-electron chi connectivity index (χ4n) is 3.41. The number of amides is 1. The Hall–Kier alpha value is -0.296. The van der Waals surface area contributed by atoms with E-state index in [4.69, 9.17) is 4.74 Å². The SMILES string of the molecule is CCOC(=O)c1c(NC(=O)CN2C[CH-]CCC2)sc2c1CCCC2.[Y]. The summed E-state index contributed by atoms with van der Waals surface area (Å²) in [6, 6.07) is 0. The van der Waals surface area contributed by atoms with Gasteiger partial charge in [0.15, 0.2) is 0 Å². The number of carbonyl (C=O) groups excluding carboxylic acids is 2. The minimum atomic E-state index is -0.307. The number of hydrogen-bond acceptors (Lipinski definition) is 5. The summed E-state index contributed by atoms with van der Waals surface area (Å²) in [5.74, 6) is -0.354. The maximum Gasteiger partial charge on any atom is 0.341 e. The molecule has 1 aromatic rings. The fraction of sp³-hybridized carbons (Fsp3) is 0.611. The van der Waals surface area contributed by atoms with Crippen molar-refractivity contribution in [3.63, 3.8) is 0 Å². The third kappa shape index (κ3) is 5.35. The van der Waals surface area contributed by atoms with E-state index in [0.717, 1.165) is 57.2 Å². The van der Waals surface area contributed by atoms with Gasteiger partial charge in [0.2, 0.25) is 5.91 Å². The molecule has 135 valence electrons. The maximum absolute atomic E-state index is 12.4. The van der Waals surface area contributed by atoms with Gasteiger partial charge >= 0.3 is 5.97 Å². The summed E-state index contributed by atoms with van der Waals surface area (Å²) >= 11 is 1.55. The zero-order valence-electron chi connectivity index (χ0n) is 14.8. The summed E-state index contributed by atoms with van der Waals surface area (Å²) in [4.78, 5) is 28.2. The number of ether oxygens (including phenoxy) is 1. The van der Waals surface area contributed by atoms with Crippen LogP contribution < -0.4 is 5.32 Å². The molecule has 1 N–H and O–H groups in total. The predicted molar refractivity (Wildman–Crippen MR) is 95.5 cm³/mol. The van der Waals surface area contributed by atoms with Crippen LogP contribution in [-0.2, 0) is 55.1 Å². The van der Waals surface area contributed by atoms with E-state index in [0.29, 0.717) is 23.7 Å². The molecule has 0 atom stereocenters. The first-order chi connectivity index (χ1) is 11.7. The smallest absolute Gasteiger partial charge is 0.341 e. The Kier molecular flexibility index (Phi) is 8.53. The van der Waals surface area contributed by atoms with Gasteiger partial charge in [0.05, 0.1) is 18.7 Å². The number of thiophene rings is 1. The van der Waals surface area contributed by atoms with Crippen molar-refractivity contribution >= 4 is 28.2 Å². The molecule has 1 radical (unpaired) electrons. The Balaban J connectivity index is 0.00000225. The molecule has 7 heteroatoms. The summed E-state index contributed by atoms with van der Waals surface area (Å²) in [6.45, 7) is 4.35. The van der Waals surface area contributed by atoms with Gasteiger partial charge in [0.25, 0.3) is 0 Å². The molecular formula is C18H25N2O3SY-. The van der Waals surface area contributed by atoms with Crippen LogP contribution >= 0.6 is 11.3 Å². The number of hydrogen-bond donors (Lipinski definition) is 1. The van der Waals surface area contributed by atoms with Crippen LogP contribution in [0.15, 0.2) is 0 Å². The van der Waals surface area contributed by atoms with Crippen LogP contribution in [0.1, 0.15) is 53.4 Å². The third-order valence-corrected chi connectivity index (χ3v) is 5.75. The molecule has 0 saturated carbocycles. The Morgan fingerprint density at radius 3 is 2.80 bits per heavy atom. The van der Waals surface area contributed by atoms with Crippen molar-refractivity contribution in [2.45, 2.75) is 45.4 Å². The zero-order valence-corrected chi connectivity index (χ0v) is 18.5. The molecule has 0 spiro atoms. The van der Waals surface area contributed by atoms with Crippen molar-refractivity contribution in [3.8, 4) is 0 Å². The van der Waals surface area contributed by atoms with Crippen molar-refractivity contribution < 1.29 is 47.0 Å². The largest absolute Gasteiger partial charge is 0.462 e. The van der Waals surface area contributed by atoms with Crippen LogP contribution in [0.3, 0.4) is 0 Å². The predicted octanol–water partition coefficient (Wildman–Crippen LogP) is 3.04. The monoisotopic (exact) mass is 438 g/mol. The molecular weight excluding hydrogens is 413 g/mol. The topological polar surface area (TPSA) is 58.6 Å². The first-order valence-electron chi connectivity index (χ1n) is 8.84. The zero-order chi connectivity index (χ0) is 16.9. The van der Waals surface area contributed by atoms with Gasteiger partial charge in [-0.2, -0.15) is 6.42 Å². The van der Waals surface area contributed by atoms with Gasteiger partial charge in [-0.25, -0.2) is 4.79 Å². The number of nitrogens with one attached hydrogen (secondary N) is 1. The molecule has 1 aliphatic heterocycles. The molecule has 25 heavy (non-hydrogen) atoms. The number of piperidine rings is 1. The molecule has 1 amide bonds. The summed E-state index contributed by atoms with van der Waals surface area (Å²) in [5, 5.41) is 3.65. The normalized spacial score (nSPS) is 17.3. The fourth-order valence-corrected chi connectivity index (χ4v) is 4.70. The van der Waals surface area contributed by atoms with Crippen LogP contribution in [0.25, 0.3) is 0 Å². The van der Waals surface area contributed by atoms with Crippen LogP contribution in [0.2, 0.25) is 0 Å². The molecule has 1 saturated heterocycles. The van der Waals surface area contributed by atoms with Gasteiger partial charge in [-0.1, -0.05) is 6.42 Å². The molecule has 5 nitrogen and oxygen atoms in total. The van der Waals surface area contributed by atoms with Crippen molar-refractivity contribution in [2.75, 3.05) is 31.6 Å². The number of fused-ring (bicyclic) bond motifs is 1. The Morgan fingerprint density at radius 1 is 1.28 bits per heavy atom. The van der Waals surface area contributed by atoms with E-state index < -0.39 is 0 Å². The summed E-state index contributed by atoms with van der Waals surface area (Å²) in [7, 11) is 0. The second kappa shape index (κ2) is 10.1. The number of rotatable bonds is 5. The van der Waals surface area contributed by atoms with Crippen LogP contribution in [0.5, 0.6) is 0 Å². The molecule has 1 aromatic heterocycles. The van der Waals surface area contributed by atoms with E-state index >= 15 is 0 Å². The van der Waals surface area contributed by atoms with Gasteiger partial charge < -0.3 is 21.4 Å². The number of nitrogens with zero attached hydrogens (tertiary/aromatic N) is 1. The van der Waals surface area contributed by atoms with Crippen LogP contribution in [0, 0.1) is 6.42 Å². The van der Waals surface area contributed by atoms with Gasteiger partial charge in [-0.15, -0.1) is 17.9 Å². The number of anilines is 1. The standard InChI is InChI=1S/C18H25N2O3S.Y/c1-2-23-18(22)16-13-8-4-5-9-14(13)24-17(16)19-15(21)12-20-10-6-3-7-11-20;/h6H,2-5,7-12H2,1H3,(H,19,21);/q-1;. The Morgan fingerprint density at radius 2 is 2.08 bits per heavy atom. The van der Waals surface area contributed by atoms with Crippen molar-refractivity contribution in [1.29, 1.82) is 0 Å². The van der Waals surface area contributed by atoms with E-state index in [1.54, 1.807) is 11.3 Å². The van der Waals surface area contributed by atoms with Crippen molar-refractivity contribution in [2.24, 2.45) is 0 Å². The summed E-state index contributed by atoms with van der Waals surface area (Å²) in [5.41, 5.74) is 1.68. The van der Waals surface area contributed by atoms with Gasteiger partial charge in [0.1, 0.15) is 5.00 Å². The average molecular weight is 438 g/mol. The number of carbonyl (C=O) groups is 2. The molecule has 2 aliphatic rings. The first-order valence-corrected chi connectivity index (χ1v) is 9.66. The molecule has 2 heterocycles. The molecule has 1 aliphatic carbocycles. The Bertz CT molecular complexity index is 612. The van der Waals surface area contributed by atoms with E-state index in [2.05, 4.69) is 16.6 Å². The second-order valence-corrected chi connectivity index (χ2v) is 7.45. The minimum Gasteiger partial charge on any atom is -0.462 e. The van der Waals surface area contributed by atoms with E-state index in [1.807, 2.05) is 6.92 Å². The summed E-state index contributed by atoms with van der Waals surface area (Å²) < 4.78 is 5.23. The number of likely N-dealkylation sites (tertiary alicyclic amines) is 1. The molecule has 3 rings (SSSR count). The van der Waals surface area contributed by atoms with Crippen LogP contribution in [-0.4, -0.2) is 43.0 Å². The van der Waals surface area contributed by atoms with Gasteiger partial charge in [-0.05, 0) is 44.7 Å². The van der Waals surface area contributed by atoms with Crippen molar-refractivity contribution in [1.82, 2.24) is 4.90 Å². The number of esters is 1. The molecule has 1 fully saturated rings. The van der Waals surface area contributed by atoms with Gasteiger partial charge in [0, 0.05) is 37.6 Å².